The van der Waals surface area contributed by atoms with Gasteiger partial charge in [0.05, 0.1) is 0 Å². The summed E-state index contributed by atoms with van der Waals surface area (Å²) in [6.07, 6.45) is 1.85. The van der Waals surface area contributed by atoms with Gasteiger partial charge < -0.3 is 20.4 Å². The highest BCUT2D eigenvalue weighted by Gasteiger charge is 2.82. The van der Waals surface area contributed by atoms with Crippen LogP contribution in [0.15, 0.2) is 0 Å². The van der Waals surface area contributed by atoms with Crippen LogP contribution >= 0.6 is 0 Å². The van der Waals surface area contributed by atoms with Crippen LogP contribution in [0.25, 0.3) is 0 Å². The summed E-state index contributed by atoms with van der Waals surface area (Å²) in [6, 6.07) is 0. The van der Waals surface area contributed by atoms with Gasteiger partial charge in [-0.3, -0.25) is 19.2 Å². The zero-order valence-electron chi connectivity index (χ0n) is 11.9. The SMILES string of the molecule is O=C(O)C1(C(=O)O)CCC2(CCCCC2)C1(C(=O)O)C(=O)O. The Kier molecular flexibility index (Phi) is 3.67. The predicted octanol–water partition coefficient (Wildman–Crippen LogP) is 1.04. The van der Waals surface area contributed by atoms with Gasteiger partial charge in [-0.2, -0.15) is 0 Å². The van der Waals surface area contributed by atoms with E-state index in [-0.39, 0.29) is 19.3 Å². The van der Waals surface area contributed by atoms with E-state index in [0.29, 0.717) is 12.8 Å². The molecule has 0 aromatic rings. The Bertz CT molecular complexity index is 515. The summed E-state index contributed by atoms with van der Waals surface area (Å²) in [5.74, 6) is -7.53. The summed E-state index contributed by atoms with van der Waals surface area (Å²) < 4.78 is 0. The van der Waals surface area contributed by atoms with E-state index in [4.69, 9.17) is 0 Å². The fourth-order valence-electron chi connectivity index (χ4n) is 4.64. The predicted molar refractivity (Wildman–Crippen MR) is 70.2 cm³/mol. The van der Waals surface area contributed by atoms with Gasteiger partial charge in [-0.1, -0.05) is 19.3 Å². The molecule has 22 heavy (non-hydrogen) atoms. The highest BCUT2D eigenvalue weighted by molar-refractivity contribution is 6.14. The van der Waals surface area contributed by atoms with Crippen molar-refractivity contribution in [3.8, 4) is 0 Å². The second-order valence-electron chi connectivity index (χ2n) is 6.22. The Balaban J connectivity index is 2.82. The van der Waals surface area contributed by atoms with Crippen molar-refractivity contribution < 1.29 is 39.6 Å². The lowest BCUT2D eigenvalue weighted by Crippen LogP contribution is -2.64. The van der Waals surface area contributed by atoms with Gasteiger partial charge in [-0.15, -0.1) is 0 Å². The third-order valence-corrected chi connectivity index (χ3v) is 5.60. The molecule has 0 radical (unpaired) electrons. The molecular weight excluding hydrogens is 296 g/mol. The summed E-state index contributed by atoms with van der Waals surface area (Å²) in [5.41, 5.74) is -7.03. The summed E-state index contributed by atoms with van der Waals surface area (Å²) >= 11 is 0. The Morgan fingerprint density at radius 2 is 1.05 bits per heavy atom. The van der Waals surface area contributed by atoms with Crippen LogP contribution in [0, 0.1) is 16.2 Å². The molecule has 0 unspecified atom stereocenters. The standard InChI is InChI=1S/C14H18O8/c15-8(16)13(9(17)18)7-6-12(4-2-1-3-5-12)14(13,10(19)20)11(21)22/h1-7H2,(H,15,16)(H,17,18)(H,19,20)(H,21,22). The molecule has 4 N–H and O–H groups in total. The van der Waals surface area contributed by atoms with E-state index in [9.17, 15) is 39.6 Å². The van der Waals surface area contributed by atoms with E-state index >= 15 is 0 Å². The van der Waals surface area contributed by atoms with Gasteiger partial charge in [0.2, 0.25) is 0 Å². The van der Waals surface area contributed by atoms with Crippen LogP contribution in [0.1, 0.15) is 44.9 Å². The summed E-state index contributed by atoms with van der Waals surface area (Å²) in [6.45, 7) is 0. The van der Waals surface area contributed by atoms with Crippen LogP contribution in [0.5, 0.6) is 0 Å². The lowest BCUT2D eigenvalue weighted by molar-refractivity contribution is -0.202. The Hall–Kier alpha value is -2.12. The van der Waals surface area contributed by atoms with Crippen LogP contribution in [-0.4, -0.2) is 44.3 Å². The molecule has 0 saturated heterocycles. The van der Waals surface area contributed by atoms with Crippen LogP contribution in [0.3, 0.4) is 0 Å². The quantitative estimate of drug-likeness (QED) is 0.562. The first-order valence-corrected chi connectivity index (χ1v) is 7.13. The minimum absolute atomic E-state index is 0.0236. The van der Waals surface area contributed by atoms with Crippen molar-refractivity contribution in [2.24, 2.45) is 16.2 Å². The normalized spacial score (nSPS) is 24.7. The highest BCUT2D eigenvalue weighted by atomic mass is 16.4. The smallest absolute Gasteiger partial charge is 0.323 e. The summed E-state index contributed by atoms with van der Waals surface area (Å²) in [4.78, 5) is 47.3. The average Bonchev–Trinajstić information content (AvgIpc) is 2.72. The minimum atomic E-state index is -2.85. The van der Waals surface area contributed by atoms with E-state index < -0.39 is 46.5 Å². The van der Waals surface area contributed by atoms with Crippen molar-refractivity contribution in [1.82, 2.24) is 0 Å². The minimum Gasteiger partial charge on any atom is -0.480 e. The third kappa shape index (κ3) is 1.57. The van der Waals surface area contributed by atoms with Crippen molar-refractivity contribution >= 4 is 23.9 Å². The van der Waals surface area contributed by atoms with Gasteiger partial charge in [0, 0.05) is 0 Å². The molecule has 0 aromatic heterocycles. The maximum atomic E-state index is 12.0. The molecule has 2 fully saturated rings. The number of carboxylic acid groups (broad SMARTS) is 4. The number of rotatable bonds is 4. The molecule has 8 nitrogen and oxygen atoms in total. The zero-order valence-corrected chi connectivity index (χ0v) is 11.9. The van der Waals surface area contributed by atoms with Crippen molar-refractivity contribution in [3.63, 3.8) is 0 Å². The number of hydrogen-bond acceptors (Lipinski definition) is 4. The molecule has 0 heterocycles. The highest BCUT2D eigenvalue weighted by Crippen LogP contribution is 2.68. The van der Waals surface area contributed by atoms with Crippen molar-refractivity contribution in [1.29, 1.82) is 0 Å². The molecule has 0 aromatic carbocycles. The van der Waals surface area contributed by atoms with Crippen LogP contribution in [0.2, 0.25) is 0 Å². The molecule has 2 aliphatic rings. The fraction of sp³-hybridized carbons (Fsp3) is 0.714. The topological polar surface area (TPSA) is 149 Å². The third-order valence-electron chi connectivity index (χ3n) is 5.60. The van der Waals surface area contributed by atoms with Crippen molar-refractivity contribution in [2.45, 2.75) is 44.9 Å². The molecule has 122 valence electrons. The van der Waals surface area contributed by atoms with Gasteiger partial charge in [-0.05, 0) is 31.1 Å². The van der Waals surface area contributed by atoms with Gasteiger partial charge in [0.1, 0.15) is 0 Å². The van der Waals surface area contributed by atoms with E-state index in [1.54, 1.807) is 0 Å². The first-order chi connectivity index (χ1) is 10.2. The number of aliphatic carboxylic acids is 4. The molecule has 2 aliphatic carbocycles. The lowest BCUT2D eigenvalue weighted by atomic mass is 9.52. The van der Waals surface area contributed by atoms with E-state index in [2.05, 4.69) is 0 Å². The first kappa shape index (κ1) is 16.3. The molecular formula is C14H18O8. The summed E-state index contributed by atoms with van der Waals surface area (Å²) in [7, 11) is 0. The second kappa shape index (κ2) is 4.96. The van der Waals surface area contributed by atoms with E-state index in [0.717, 1.165) is 6.42 Å². The average molecular weight is 314 g/mol. The second-order valence-corrected chi connectivity index (χ2v) is 6.22. The number of carboxylic acids is 4. The van der Waals surface area contributed by atoms with Gasteiger partial charge in [0.25, 0.3) is 0 Å². The summed E-state index contributed by atoms with van der Waals surface area (Å²) in [5, 5.41) is 38.3. The number of hydrogen-bond donors (Lipinski definition) is 4. The van der Waals surface area contributed by atoms with Crippen LogP contribution in [-0.2, 0) is 19.2 Å². The van der Waals surface area contributed by atoms with Gasteiger partial charge in [-0.25, -0.2) is 0 Å². The largest absolute Gasteiger partial charge is 0.480 e. The van der Waals surface area contributed by atoms with Gasteiger partial charge >= 0.3 is 23.9 Å². The Labute approximate surface area is 125 Å². The molecule has 2 saturated carbocycles. The van der Waals surface area contributed by atoms with E-state index in [1.165, 1.54) is 0 Å². The molecule has 8 heteroatoms. The monoisotopic (exact) mass is 314 g/mol. The fourth-order valence-corrected chi connectivity index (χ4v) is 4.64. The Morgan fingerprint density at radius 1 is 0.591 bits per heavy atom. The molecule has 0 aliphatic heterocycles. The van der Waals surface area contributed by atoms with Gasteiger partial charge in [0.15, 0.2) is 10.8 Å². The molecule has 0 atom stereocenters. The maximum absolute atomic E-state index is 12.0. The molecule has 1 spiro atoms. The van der Waals surface area contributed by atoms with Crippen LogP contribution in [0.4, 0.5) is 0 Å². The van der Waals surface area contributed by atoms with Crippen molar-refractivity contribution in [3.05, 3.63) is 0 Å². The number of carbonyl (C=O) groups is 4. The first-order valence-electron chi connectivity index (χ1n) is 7.13. The maximum Gasteiger partial charge on any atom is 0.323 e. The van der Waals surface area contributed by atoms with Crippen LogP contribution < -0.4 is 0 Å². The molecule has 2 rings (SSSR count). The molecule has 0 bridgehead atoms. The zero-order chi connectivity index (χ0) is 16.8. The van der Waals surface area contributed by atoms with E-state index in [1.807, 2.05) is 0 Å². The Morgan fingerprint density at radius 3 is 1.41 bits per heavy atom. The molecule has 0 amide bonds. The van der Waals surface area contributed by atoms with Crippen molar-refractivity contribution in [2.75, 3.05) is 0 Å². The lowest BCUT2D eigenvalue weighted by Gasteiger charge is -2.46.